The van der Waals surface area contributed by atoms with Gasteiger partial charge in [-0.25, -0.2) is 0 Å². The summed E-state index contributed by atoms with van der Waals surface area (Å²) in [4.78, 5) is 0. The molecule has 4 rings (SSSR count). The summed E-state index contributed by atoms with van der Waals surface area (Å²) in [5.74, 6) is 0. The highest BCUT2D eigenvalue weighted by molar-refractivity contribution is 6.58. The van der Waals surface area contributed by atoms with Gasteiger partial charge in [-0.2, -0.15) is 0 Å². The Morgan fingerprint density at radius 1 is 1.11 bits per heavy atom. The largest absolute Gasteiger partial charge is 0.737 e. The van der Waals surface area contributed by atoms with Crippen molar-refractivity contribution in [1.29, 1.82) is 0 Å². The molecule has 0 unspecified atom stereocenters. The fraction of sp³-hybridized carbons (Fsp3) is 0.381. The van der Waals surface area contributed by atoms with Crippen LogP contribution in [0.2, 0.25) is 0 Å². The van der Waals surface area contributed by atoms with Gasteiger partial charge in [-0.15, -0.1) is 0 Å². The molecule has 3 nitrogen and oxygen atoms in total. The minimum atomic E-state index is -3.96. The molecule has 0 spiro atoms. The maximum atomic E-state index is 15.9. The second-order valence-corrected chi connectivity index (χ2v) is 7.50. The van der Waals surface area contributed by atoms with E-state index in [1.54, 1.807) is 12.5 Å². The van der Waals surface area contributed by atoms with Gasteiger partial charge in [-0.05, 0) is 56.5 Å². The number of fused-ring (bicyclic) bond motifs is 2. The fourth-order valence-corrected chi connectivity index (χ4v) is 5.16. The summed E-state index contributed by atoms with van der Waals surface area (Å²) < 4.78 is 39.8. The smallest absolute Gasteiger partial charge is 0.472 e. The number of halogens is 2. The molecule has 0 aromatic carbocycles. The van der Waals surface area contributed by atoms with Crippen LogP contribution >= 0.6 is 0 Å². The molecule has 6 heteroatoms. The summed E-state index contributed by atoms with van der Waals surface area (Å²) in [6.07, 6.45) is 4.72. The first-order valence-electron chi connectivity index (χ1n) is 9.60. The van der Waals surface area contributed by atoms with Gasteiger partial charge in [-0.1, -0.05) is 13.8 Å². The molecule has 0 bridgehead atoms. The molecular formula is C21H25BF2N2O. The standard InChI is InChI=1S/C21H25BF2N2O/c1-7-17-12(3)20-19(16-9-10-27-11-16)21-13(4)18(8-2)15(6)26(21)22(23,24)25(20)14(17)5/h9-11H,7-8H2,1-6H3. The van der Waals surface area contributed by atoms with Crippen molar-refractivity contribution in [3.8, 4) is 0 Å². The van der Waals surface area contributed by atoms with Gasteiger partial charge in [0.25, 0.3) is 0 Å². The van der Waals surface area contributed by atoms with E-state index in [2.05, 4.69) is 0 Å². The SMILES string of the molecule is CCC1=C(C)C2=C(c3ccoc3)c3c(C)c(CC)c(C)n3[B-](F)(F)[N+]2=C1C. The molecule has 0 radical (unpaired) electrons. The predicted molar refractivity (Wildman–Crippen MR) is 105 cm³/mol. The lowest BCUT2D eigenvalue weighted by Gasteiger charge is -2.33. The minimum absolute atomic E-state index is 0.631. The van der Waals surface area contributed by atoms with E-state index < -0.39 is 6.97 Å². The second-order valence-electron chi connectivity index (χ2n) is 7.50. The van der Waals surface area contributed by atoms with Gasteiger partial charge in [-0.3, -0.25) is 0 Å². The highest BCUT2D eigenvalue weighted by Gasteiger charge is 2.56. The van der Waals surface area contributed by atoms with Crippen molar-refractivity contribution >= 4 is 18.3 Å². The van der Waals surface area contributed by atoms with Gasteiger partial charge in [0, 0.05) is 29.3 Å². The highest BCUT2D eigenvalue weighted by atomic mass is 19.2. The van der Waals surface area contributed by atoms with E-state index in [0.717, 1.165) is 46.3 Å². The summed E-state index contributed by atoms with van der Waals surface area (Å²) in [6, 6.07) is 1.86. The van der Waals surface area contributed by atoms with E-state index in [1.807, 2.05) is 47.6 Å². The fourth-order valence-electron chi connectivity index (χ4n) is 5.16. The summed E-state index contributed by atoms with van der Waals surface area (Å²) in [7, 11) is 0. The van der Waals surface area contributed by atoms with Crippen molar-refractivity contribution in [2.24, 2.45) is 0 Å². The van der Waals surface area contributed by atoms with Crippen LogP contribution in [0.4, 0.5) is 8.63 Å². The minimum Gasteiger partial charge on any atom is -0.472 e. The first-order valence-corrected chi connectivity index (χ1v) is 9.60. The summed E-state index contributed by atoms with van der Waals surface area (Å²) in [6.45, 7) is 7.65. The predicted octanol–water partition coefficient (Wildman–Crippen LogP) is 5.47. The Labute approximate surface area is 158 Å². The zero-order valence-corrected chi connectivity index (χ0v) is 16.8. The number of nitrogens with zero attached hydrogens (tertiary/aromatic N) is 2. The van der Waals surface area contributed by atoms with Crippen molar-refractivity contribution in [2.75, 3.05) is 0 Å². The zero-order valence-electron chi connectivity index (χ0n) is 16.8. The number of rotatable bonds is 3. The molecule has 0 atom stereocenters. The Morgan fingerprint density at radius 2 is 1.81 bits per heavy atom. The molecule has 2 aliphatic heterocycles. The third-order valence-corrected chi connectivity index (χ3v) is 6.31. The monoisotopic (exact) mass is 370 g/mol. The number of allylic oxidation sites excluding steroid dienone is 2. The van der Waals surface area contributed by atoms with Gasteiger partial charge in [0.05, 0.1) is 18.1 Å². The van der Waals surface area contributed by atoms with Crippen LogP contribution in [0.1, 0.15) is 62.2 Å². The molecule has 2 aliphatic rings. The molecule has 0 saturated heterocycles. The maximum absolute atomic E-state index is 15.9. The van der Waals surface area contributed by atoms with E-state index in [1.165, 1.54) is 8.96 Å². The van der Waals surface area contributed by atoms with Crippen LogP contribution in [0, 0.1) is 13.8 Å². The Kier molecular flexibility index (Phi) is 3.88. The molecule has 2 aromatic rings. The lowest BCUT2D eigenvalue weighted by Crippen LogP contribution is -2.51. The Balaban J connectivity index is 2.23. The number of furan rings is 1. The summed E-state index contributed by atoms with van der Waals surface area (Å²) in [5.41, 5.74) is 8.15. The Morgan fingerprint density at radius 3 is 2.37 bits per heavy atom. The van der Waals surface area contributed by atoms with Gasteiger partial charge in [0.1, 0.15) is 5.71 Å². The van der Waals surface area contributed by atoms with Crippen molar-refractivity contribution < 1.29 is 17.5 Å². The van der Waals surface area contributed by atoms with Crippen molar-refractivity contribution in [1.82, 2.24) is 4.48 Å². The van der Waals surface area contributed by atoms with Crippen LogP contribution in [-0.2, 0) is 6.42 Å². The molecule has 0 N–H and O–H groups in total. The molecular weight excluding hydrogens is 345 g/mol. The van der Waals surface area contributed by atoms with Gasteiger partial charge >= 0.3 is 6.97 Å². The normalized spacial score (nSPS) is 18.5. The molecule has 4 heterocycles. The quantitative estimate of drug-likeness (QED) is 0.657. The van der Waals surface area contributed by atoms with E-state index in [4.69, 9.17) is 4.42 Å². The highest BCUT2D eigenvalue weighted by Crippen LogP contribution is 2.47. The summed E-state index contributed by atoms with van der Waals surface area (Å²) in [5, 5.41) is 0. The third-order valence-electron chi connectivity index (χ3n) is 6.31. The second kappa shape index (κ2) is 5.81. The van der Waals surface area contributed by atoms with E-state index in [-0.39, 0.29) is 0 Å². The van der Waals surface area contributed by atoms with E-state index in [9.17, 15) is 0 Å². The molecule has 0 saturated carbocycles. The molecule has 142 valence electrons. The molecule has 0 fully saturated rings. The Bertz CT molecular complexity index is 1050. The van der Waals surface area contributed by atoms with Crippen LogP contribution < -0.4 is 0 Å². The third kappa shape index (κ3) is 2.10. The van der Waals surface area contributed by atoms with Gasteiger partial charge < -0.3 is 22.0 Å². The van der Waals surface area contributed by atoms with Crippen LogP contribution in [0.15, 0.2) is 39.9 Å². The topological polar surface area (TPSA) is 21.1 Å². The van der Waals surface area contributed by atoms with Crippen molar-refractivity contribution in [2.45, 2.75) is 54.4 Å². The van der Waals surface area contributed by atoms with Crippen LogP contribution in [-0.4, -0.2) is 21.6 Å². The van der Waals surface area contributed by atoms with Gasteiger partial charge in [0.2, 0.25) is 0 Å². The van der Waals surface area contributed by atoms with Crippen LogP contribution in [0.5, 0.6) is 0 Å². The lowest BCUT2D eigenvalue weighted by molar-refractivity contribution is -0.363. The zero-order chi connectivity index (χ0) is 19.7. The molecule has 0 aliphatic carbocycles. The molecule has 27 heavy (non-hydrogen) atoms. The Hall–Kier alpha value is -2.37. The number of hydrogen-bond donors (Lipinski definition) is 0. The van der Waals surface area contributed by atoms with Crippen molar-refractivity contribution in [3.63, 3.8) is 0 Å². The number of hydrogen-bond acceptors (Lipinski definition) is 1. The van der Waals surface area contributed by atoms with Crippen LogP contribution in [0.3, 0.4) is 0 Å². The first kappa shape index (κ1) is 18.0. The summed E-state index contributed by atoms with van der Waals surface area (Å²) >= 11 is 0. The lowest BCUT2D eigenvalue weighted by atomic mass is 9.84. The average molecular weight is 370 g/mol. The first-order chi connectivity index (χ1) is 12.8. The van der Waals surface area contributed by atoms with Crippen LogP contribution in [0.25, 0.3) is 5.57 Å². The number of aromatic nitrogens is 1. The van der Waals surface area contributed by atoms with Crippen molar-refractivity contribution in [3.05, 3.63) is 63.5 Å². The average Bonchev–Trinajstić information content (AvgIpc) is 3.28. The van der Waals surface area contributed by atoms with E-state index in [0.29, 0.717) is 22.8 Å². The van der Waals surface area contributed by atoms with Gasteiger partial charge in [0.15, 0.2) is 5.70 Å². The molecule has 0 amide bonds. The van der Waals surface area contributed by atoms with E-state index >= 15 is 8.63 Å². The maximum Gasteiger partial charge on any atom is 0.737 e. The molecule has 2 aromatic heterocycles.